The first kappa shape index (κ1) is 18.3. The molecule has 3 aromatic rings. The van der Waals surface area contributed by atoms with Crippen LogP contribution in [0.5, 0.6) is 0 Å². The number of amides is 1. The minimum atomic E-state index is 0.0931. The van der Waals surface area contributed by atoms with Crippen LogP contribution in [0.4, 0.5) is 5.82 Å². The van der Waals surface area contributed by atoms with Gasteiger partial charge in [0.05, 0.1) is 5.52 Å². The van der Waals surface area contributed by atoms with Crippen molar-refractivity contribution in [3.63, 3.8) is 0 Å². The quantitative estimate of drug-likeness (QED) is 0.740. The first-order valence-corrected chi connectivity index (χ1v) is 9.96. The lowest BCUT2D eigenvalue weighted by molar-refractivity contribution is -0.125. The Morgan fingerprint density at radius 3 is 2.61 bits per heavy atom. The second-order valence-corrected chi connectivity index (χ2v) is 7.18. The van der Waals surface area contributed by atoms with Crippen LogP contribution >= 0.6 is 0 Å². The van der Waals surface area contributed by atoms with Crippen LogP contribution in [0.1, 0.15) is 26.2 Å². The van der Waals surface area contributed by atoms with E-state index in [-0.39, 0.29) is 11.8 Å². The molecule has 0 aliphatic carbocycles. The van der Waals surface area contributed by atoms with Crippen molar-refractivity contribution in [1.29, 1.82) is 0 Å². The van der Waals surface area contributed by atoms with Crippen molar-refractivity contribution >= 4 is 22.6 Å². The van der Waals surface area contributed by atoms with Gasteiger partial charge in [0.25, 0.3) is 0 Å². The minimum absolute atomic E-state index is 0.0931. The van der Waals surface area contributed by atoms with Gasteiger partial charge in [-0.15, -0.1) is 0 Å². The van der Waals surface area contributed by atoms with Gasteiger partial charge in [-0.25, -0.2) is 9.97 Å². The number of pyridine rings is 1. The van der Waals surface area contributed by atoms with Crippen LogP contribution < -0.4 is 10.2 Å². The Bertz CT molecular complexity index is 952. The van der Waals surface area contributed by atoms with Crippen LogP contribution in [0.3, 0.4) is 0 Å². The summed E-state index contributed by atoms with van der Waals surface area (Å²) in [6.45, 7) is 4.47. The first-order chi connectivity index (χ1) is 13.8. The molecule has 6 nitrogen and oxygen atoms in total. The van der Waals surface area contributed by atoms with E-state index in [4.69, 9.17) is 9.97 Å². The van der Waals surface area contributed by atoms with E-state index in [1.165, 1.54) is 0 Å². The maximum Gasteiger partial charge on any atom is 0.223 e. The maximum absolute atomic E-state index is 12.3. The molecule has 0 radical (unpaired) electrons. The summed E-state index contributed by atoms with van der Waals surface area (Å²) in [5, 5.41) is 4.08. The van der Waals surface area contributed by atoms with Crippen LogP contribution in [0.2, 0.25) is 0 Å². The third-order valence-electron chi connectivity index (χ3n) is 5.24. The number of aromatic nitrogens is 3. The van der Waals surface area contributed by atoms with Gasteiger partial charge in [0.1, 0.15) is 5.82 Å². The fraction of sp³-hybridized carbons (Fsp3) is 0.364. The lowest BCUT2D eigenvalue weighted by Gasteiger charge is -2.33. The molecule has 1 amide bonds. The predicted octanol–water partition coefficient (Wildman–Crippen LogP) is 3.43. The average Bonchev–Trinajstić information content (AvgIpc) is 2.77. The van der Waals surface area contributed by atoms with Crippen molar-refractivity contribution < 1.29 is 4.79 Å². The monoisotopic (exact) mass is 375 g/mol. The van der Waals surface area contributed by atoms with E-state index in [1.54, 1.807) is 12.4 Å². The van der Waals surface area contributed by atoms with Crippen molar-refractivity contribution in [2.24, 2.45) is 5.92 Å². The number of fused-ring (bicyclic) bond motifs is 1. The lowest BCUT2D eigenvalue weighted by Crippen LogP contribution is -2.41. The zero-order valence-electron chi connectivity index (χ0n) is 16.1. The van der Waals surface area contributed by atoms with Gasteiger partial charge in [0.15, 0.2) is 5.82 Å². The molecule has 2 aromatic heterocycles. The molecule has 1 aliphatic heterocycles. The summed E-state index contributed by atoms with van der Waals surface area (Å²) in [7, 11) is 0. The summed E-state index contributed by atoms with van der Waals surface area (Å²) in [5.41, 5.74) is 1.89. The number of piperidine rings is 1. The SMILES string of the molecule is CCCNC(=O)C1CCN(c2nc(-c3ccncc3)nc3ccccc23)CC1. The van der Waals surface area contributed by atoms with Crippen LogP contribution in [0, 0.1) is 5.92 Å². The molecule has 1 aromatic carbocycles. The van der Waals surface area contributed by atoms with Gasteiger partial charge in [-0.1, -0.05) is 19.1 Å². The number of rotatable bonds is 5. The number of carbonyl (C=O) groups is 1. The van der Waals surface area contributed by atoms with Gasteiger partial charge < -0.3 is 10.2 Å². The van der Waals surface area contributed by atoms with Gasteiger partial charge in [-0.2, -0.15) is 0 Å². The first-order valence-electron chi connectivity index (χ1n) is 9.96. The highest BCUT2D eigenvalue weighted by atomic mass is 16.1. The van der Waals surface area contributed by atoms with Gasteiger partial charge in [0.2, 0.25) is 5.91 Å². The third kappa shape index (κ3) is 3.81. The molecule has 6 heteroatoms. The van der Waals surface area contributed by atoms with Crippen LogP contribution in [0.15, 0.2) is 48.8 Å². The smallest absolute Gasteiger partial charge is 0.223 e. The highest BCUT2D eigenvalue weighted by Crippen LogP contribution is 2.30. The van der Waals surface area contributed by atoms with E-state index >= 15 is 0 Å². The minimum Gasteiger partial charge on any atom is -0.356 e. The fourth-order valence-corrected chi connectivity index (χ4v) is 3.68. The lowest BCUT2D eigenvalue weighted by atomic mass is 9.95. The summed E-state index contributed by atoms with van der Waals surface area (Å²) >= 11 is 0. The van der Waals surface area contributed by atoms with E-state index in [1.807, 2.05) is 30.3 Å². The fourth-order valence-electron chi connectivity index (χ4n) is 3.68. The van der Waals surface area contributed by atoms with Crippen molar-refractivity contribution in [3.05, 3.63) is 48.8 Å². The Morgan fingerprint density at radius 2 is 1.86 bits per heavy atom. The van der Waals surface area contributed by atoms with E-state index in [2.05, 4.69) is 28.2 Å². The molecule has 28 heavy (non-hydrogen) atoms. The normalized spacial score (nSPS) is 15.0. The maximum atomic E-state index is 12.3. The Balaban J connectivity index is 1.61. The van der Waals surface area contributed by atoms with E-state index in [0.29, 0.717) is 5.82 Å². The molecule has 0 atom stereocenters. The van der Waals surface area contributed by atoms with Gasteiger partial charge >= 0.3 is 0 Å². The largest absolute Gasteiger partial charge is 0.356 e. The topological polar surface area (TPSA) is 71.0 Å². The van der Waals surface area contributed by atoms with Crippen molar-refractivity contribution in [1.82, 2.24) is 20.3 Å². The Labute approximate surface area is 165 Å². The molecule has 1 fully saturated rings. The Kier molecular flexibility index (Phi) is 5.46. The summed E-state index contributed by atoms with van der Waals surface area (Å²) < 4.78 is 0. The number of hydrogen-bond acceptors (Lipinski definition) is 5. The van der Waals surface area contributed by atoms with E-state index < -0.39 is 0 Å². The Hall–Kier alpha value is -3.02. The standard InChI is InChI=1S/C22H25N5O/c1-2-11-24-22(28)17-9-14-27(15-10-17)21-18-5-3-4-6-19(18)25-20(26-21)16-7-12-23-13-8-16/h3-8,12-13,17H,2,9-11,14-15H2,1H3,(H,24,28). The number of anilines is 1. The zero-order valence-corrected chi connectivity index (χ0v) is 16.1. The molecule has 0 bridgehead atoms. The van der Waals surface area contributed by atoms with Crippen molar-refractivity contribution in [2.45, 2.75) is 26.2 Å². The second kappa shape index (κ2) is 8.33. The molecular formula is C22H25N5O. The molecule has 0 unspecified atom stereocenters. The number of hydrogen-bond donors (Lipinski definition) is 1. The molecule has 0 saturated carbocycles. The van der Waals surface area contributed by atoms with Crippen LogP contribution in [-0.4, -0.2) is 40.5 Å². The van der Waals surface area contributed by atoms with E-state index in [0.717, 1.165) is 61.2 Å². The molecule has 0 spiro atoms. The van der Waals surface area contributed by atoms with Crippen LogP contribution in [0.25, 0.3) is 22.3 Å². The number of nitrogens with zero attached hydrogens (tertiary/aromatic N) is 4. The molecule has 1 saturated heterocycles. The van der Waals surface area contributed by atoms with Gasteiger partial charge in [0, 0.05) is 48.9 Å². The van der Waals surface area contributed by atoms with Crippen LogP contribution in [-0.2, 0) is 4.79 Å². The molecule has 144 valence electrons. The number of benzene rings is 1. The van der Waals surface area contributed by atoms with Gasteiger partial charge in [-0.3, -0.25) is 9.78 Å². The zero-order chi connectivity index (χ0) is 19.3. The molecular weight excluding hydrogens is 350 g/mol. The summed E-state index contributed by atoms with van der Waals surface area (Å²) in [6.07, 6.45) is 6.17. The van der Waals surface area contributed by atoms with E-state index in [9.17, 15) is 4.79 Å². The highest BCUT2D eigenvalue weighted by Gasteiger charge is 2.26. The second-order valence-electron chi connectivity index (χ2n) is 7.18. The number of nitrogens with one attached hydrogen (secondary N) is 1. The van der Waals surface area contributed by atoms with Crippen molar-refractivity contribution in [2.75, 3.05) is 24.5 Å². The average molecular weight is 375 g/mol. The molecule has 4 rings (SSSR count). The summed E-state index contributed by atoms with van der Waals surface area (Å²) in [4.78, 5) is 28.3. The number of carbonyl (C=O) groups excluding carboxylic acids is 1. The summed E-state index contributed by atoms with van der Waals surface area (Å²) in [5.74, 6) is 1.94. The molecule has 1 aliphatic rings. The highest BCUT2D eigenvalue weighted by molar-refractivity contribution is 5.91. The molecule has 1 N–H and O–H groups in total. The van der Waals surface area contributed by atoms with Crippen molar-refractivity contribution in [3.8, 4) is 11.4 Å². The number of para-hydroxylation sites is 1. The summed E-state index contributed by atoms with van der Waals surface area (Å²) in [6, 6.07) is 12.0. The predicted molar refractivity (Wildman–Crippen MR) is 111 cm³/mol. The van der Waals surface area contributed by atoms with Gasteiger partial charge in [-0.05, 0) is 43.5 Å². The Morgan fingerprint density at radius 1 is 1.11 bits per heavy atom. The third-order valence-corrected chi connectivity index (χ3v) is 5.24. The molecule has 3 heterocycles.